The fraction of sp³-hybridized carbons (Fsp3) is 0.500. The van der Waals surface area contributed by atoms with Crippen LogP contribution in [0.15, 0.2) is 10.7 Å². The molecule has 1 N–H and O–H groups in total. The van der Waals surface area contributed by atoms with E-state index in [2.05, 4.69) is 31.4 Å². The summed E-state index contributed by atoms with van der Waals surface area (Å²) in [6, 6.07) is -0.915. The largest absolute Gasteiger partial charge is 0.436 e. The minimum absolute atomic E-state index is 0.162. The minimum atomic E-state index is -4.59. The van der Waals surface area contributed by atoms with E-state index in [9.17, 15) is 18.0 Å². The van der Waals surface area contributed by atoms with Gasteiger partial charge in [0, 0.05) is 6.54 Å². The summed E-state index contributed by atoms with van der Waals surface area (Å²) in [4.78, 5) is 12.4. The monoisotopic (exact) mass is 407 g/mol. The van der Waals surface area contributed by atoms with Crippen LogP contribution in [0.25, 0.3) is 0 Å². The van der Waals surface area contributed by atoms with Crippen molar-refractivity contribution in [1.82, 2.24) is 19.6 Å². The zero-order valence-corrected chi connectivity index (χ0v) is 15.2. The van der Waals surface area contributed by atoms with Crippen molar-refractivity contribution in [3.63, 3.8) is 0 Å². The van der Waals surface area contributed by atoms with Crippen LogP contribution in [-0.4, -0.2) is 25.5 Å². The molecule has 2 rings (SSSR count). The first-order valence-electron chi connectivity index (χ1n) is 7.23. The number of rotatable bonds is 4. The number of alkyl halides is 3. The molecule has 2 heterocycles. The maximum absolute atomic E-state index is 12.9. The number of hydrogen-bond donors (Lipinski definition) is 1. The van der Waals surface area contributed by atoms with Crippen LogP contribution in [-0.2, 0) is 17.5 Å². The van der Waals surface area contributed by atoms with Crippen LogP contribution in [0, 0.1) is 13.8 Å². The smallest absolute Gasteiger partial charge is 0.321 e. The average molecular weight is 408 g/mol. The van der Waals surface area contributed by atoms with Gasteiger partial charge in [-0.1, -0.05) is 0 Å². The number of nitrogens with one attached hydrogen (secondary N) is 1. The molecule has 0 spiro atoms. The Bertz CT molecular complexity index is 765. The van der Waals surface area contributed by atoms with E-state index >= 15 is 0 Å². The first kappa shape index (κ1) is 18.5. The third-order valence-corrected chi connectivity index (χ3v) is 4.70. The van der Waals surface area contributed by atoms with Crippen molar-refractivity contribution in [2.75, 3.05) is 5.32 Å². The van der Waals surface area contributed by atoms with Crippen LogP contribution in [0.5, 0.6) is 0 Å². The number of halogens is 4. The lowest BCUT2D eigenvalue weighted by atomic mass is 10.3. The van der Waals surface area contributed by atoms with E-state index in [1.165, 1.54) is 20.0 Å². The summed E-state index contributed by atoms with van der Waals surface area (Å²) in [6.45, 7) is 7.32. The molecule has 2 aromatic heterocycles. The third kappa shape index (κ3) is 3.33. The van der Waals surface area contributed by atoms with Crippen LogP contribution < -0.4 is 5.32 Å². The fourth-order valence-corrected chi connectivity index (χ4v) is 2.78. The Labute approximate surface area is 145 Å². The van der Waals surface area contributed by atoms with Gasteiger partial charge in [-0.2, -0.15) is 23.4 Å². The Morgan fingerprint density at radius 1 is 1.38 bits per heavy atom. The Balaban J connectivity index is 2.27. The molecular formula is C14H17BrF3N5O. The zero-order valence-electron chi connectivity index (χ0n) is 13.6. The second kappa shape index (κ2) is 6.58. The lowest BCUT2D eigenvalue weighted by molar-refractivity contribution is -0.142. The quantitative estimate of drug-likeness (QED) is 0.839. The molecule has 6 nitrogen and oxygen atoms in total. The molecular weight excluding hydrogens is 391 g/mol. The molecule has 1 amide bonds. The summed E-state index contributed by atoms with van der Waals surface area (Å²) >= 11 is 2.90. The van der Waals surface area contributed by atoms with E-state index in [0.29, 0.717) is 12.2 Å². The molecule has 0 radical (unpaired) electrons. The molecule has 0 bridgehead atoms. The van der Waals surface area contributed by atoms with Gasteiger partial charge in [0.25, 0.3) is 0 Å². The van der Waals surface area contributed by atoms with E-state index in [4.69, 9.17) is 0 Å². The van der Waals surface area contributed by atoms with Gasteiger partial charge >= 0.3 is 6.18 Å². The van der Waals surface area contributed by atoms with Crippen molar-refractivity contribution < 1.29 is 18.0 Å². The number of amides is 1. The second-order valence-electron chi connectivity index (χ2n) is 5.31. The van der Waals surface area contributed by atoms with Crippen molar-refractivity contribution in [1.29, 1.82) is 0 Å². The topological polar surface area (TPSA) is 64.7 Å². The van der Waals surface area contributed by atoms with E-state index in [1.54, 1.807) is 11.6 Å². The van der Waals surface area contributed by atoms with Crippen LogP contribution in [0.3, 0.4) is 0 Å². The Morgan fingerprint density at radius 3 is 2.46 bits per heavy atom. The lowest BCUT2D eigenvalue weighted by Gasteiger charge is -2.14. The molecule has 0 fully saturated rings. The third-order valence-electron chi connectivity index (χ3n) is 3.75. The Morgan fingerprint density at radius 2 is 2.00 bits per heavy atom. The highest BCUT2D eigenvalue weighted by molar-refractivity contribution is 9.10. The van der Waals surface area contributed by atoms with Gasteiger partial charge in [0.15, 0.2) is 5.69 Å². The molecule has 0 saturated carbocycles. The van der Waals surface area contributed by atoms with Gasteiger partial charge in [-0.25, -0.2) is 0 Å². The Hall–Kier alpha value is -1.84. The Kier molecular flexibility index (Phi) is 5.07. The molecule has 10 heteroatoms. The molecule has 132 valence electrons. The van der Waals surface area contributed by atoms with Crippen molar-refractivity contribution >= 4 is 27.5 Å². The minimum Gasteiger partial charge on any atom is -0.321 e. The molecule has 1 unspecified atom stereocenters. The number of nitrogens with zero attached hydrogens (tertiary/aromatic N) is 4. The standard InChI is InChI=1S/C14H17BrF3N5O/c1-5-22-7(2)10(6-19-22)20-13(24)9(4)23-8(3)11(15)12(21-23)14(16,17)18/h6,9H,5H2,1-4H3,(H,20,24). The lowest BCUT2D eigenvalue weighted by Crippen LogP contribution is -2.25. The van der Waals surface area contributed by atoms with Crippen molar-refractivity contribution in [3.8, 4) is 0 Å². The number of aryl methyl sites for hydroxylation is 1. The number of anilines is 1. The summed E-state index contributed by atoms with van der Waals surface area (Å²) in [7, 11) is 0. The zero-order chi connectivity index (χ0) is 18.2. The van der Waals surface area contributed by atoms with Gasteiger partial charge in [0.1, 0.15) is 6.04 Å². The number of hydrogen-bond acceptors (Lipinski definition) is 3. The van der Waals surface area contributed by atoms with E-state index in [0.717, 1.165) is 10.4 Å². The maximum atomic E-state index is 12.9. The molecule has 0 saturated heterocycles. The van der Waals surface area contributed by atoms with Crippen LogP contribution in [0.4, 0.5) is 18.9 Å². The summed E-state index contributed by atoms with van der Waals surface area (Å²) in [5.74, 6) is -0.472. The van der Waals surface area contributed by atoms with Crippen LogP contribution in [0.2, 0.25) is 0 Å². The highest BCUT2D eigenvalue weighted by Gasteiger charge is 2.39. The van der Waals surface area contributed by atoms with E-state index in [-0.39, 0.29) is 10.2 Å². The van der Waals surface area contributed by atoms with Gasteiger partial charge in [-0.05, 0) is 43.6 Å². The fourth-order valence-electron chi connectivity index (χ4n) is 2.29. The first-order valence-corrected chi connectivity index (χ1v) is 8.02. The second-order valence-corrected chi connectivity index (χ2v) is 6.11. The van der Waals surface area contributed by atoms with Gasteiger partial charge < -0.3 is 5.32 Å². The molecule has 0 aliphatic heterocycles. The summed E-state index contributed by atoms with van der Waals surface area (Å²) in [5.41, 5.74) is 0.474. The van der Waals surface area contributed by atoms with Crippen molar-refractivity contribution in [3.05, 3.63) is 27.8 Å². The van der Waals surface area contributed by atoms with Gasteiger partial charge in [0.05, 0.1) is 27.7 Å². The molecule has 0 aliphatic carbocycles. The highest BCUT2D eigenvalue weighted by Crippen LogP contribution is 2.36. The van der Waals surface area contributed by atoms with Gasteiger partial charge in [-0.15, -0.1) is 0 Å². The molecule has 0 aromatic carbocycles. The van der Waals surface area contributed by atoms with E-state index in [1.807, 2.05) is 6.92 Å². The summed E-state index contributed by atoms with van der Waals surface area (Å²) in [6.07, 6.45) is -3.08. The first-order chi connectivity index (χ1) is 11.1. The predicted molar refractivity (Wildman–Crippen MR) is 85.6 cm³/mol. The summed E-state index contributed by atoms with van der Waals surface area (Å²) < 4.78 is 41.4. The number of carbonyl (C=O) groups is 1. The van der Waals surface area contributed by atoms with Crippen molar-refractivity contribution in [2.24, 2.45) is 0 Å². The molecule has 24 heavy (non-hydrogen) atoms. The highest BCUT2D eigenvalue weighted by atomic mass is 79.9. The molecule has 2 aromatic rings. The summed E-state index contributed by atoms with van der Waals surface area (Å²) in [5, 5.41) is 10.3. The van der Waals surface area contributed by atoms with Gasteiger partial charge in [-0.3, -0.25) is 14.2 Å². The molecule has 1 atom stereocenters. The predicted octanol–water partition coefficient (Wildman–Crippen LogP) is 3.70. The normalized spacial score (nSPS) is 13.2. The van der Waals surface area contributed by atoms with Crippen LogP contribution in [0.1, 0.15) is 37.0 Å². The van der Waals surface area contributed by atoms with Crippen LogP contribution >= 0.6 is 15.9 Å². The number of aromatic nitrogens is 4. The number of carbonyl (C=O) groups excluding carboxylic acids is 1. The SMILES string of the molecule is CCn1ncc(NC(=O)C(C)n2nc(C(F)(F)F)c(Br)c2C)c1C. The average Bonchev–Trinajstić information content (AvgIpc) is 3.00. The van der Waals surface area contributed by atoms with Crippen molar-refractivity contribution in [2.45, 2.75) is 46.5 Å². The van der Waals surface area contributed by atoms with E-state index < -0.39 is 23.8 Å². The molecule has 0 aliphatic rings. The maximum Gasteiger partial charge on any atom is 0.436 e. The van der Waals surface area contributed by atoms with Gasteiger partial charge in [0.2, 0.25) is 5.91 Å².